The van der Waals surface area contributed by atoms with Gasteiger partial charge in [-0.2, -0.15) is 0 Å². The van der Waals surface area contributed by atoms with Crippen LogP contribution in [0, 0.1) is 0 Å². The predicted molar refractivity (Wildman–Crippen MR) is 90.7 cm³/mol. The van der Waals surface area contributed by atoms with Crippen molar-refractivity contribution in [1.29, 1.82) is 0 Å². The van der Waals surface area contributed by atoms with Gasteiger partial charge in [-0.1, -0.05) is 0 Å². The van der Waals surface area contributed by atoms with E-state index < -0.39 is 47.1 Å². The van der Waals surface area contributed by atoms with Gasteiger partial charge in [-0.05, 0) is 48.5 Å². The summed E-state index contributed by atoms with van der Waals surface area (Å²) in [6.45, 7) is 11.0. The van der Waals surface area contributed by atoms with Crippen LogP contribution in [0.1, 0.15) is 48.5 Å². The number of ether oxygens (including phenoxy) is 2. The maximum Gasteiger partial charge on any atom is 0.408 e. The lowest BCUT2D eigenvalue weighted by Crippen LogP contribution is -2.60. The van der Waals surface area contributed by atoms with Crippen LogP contribution in [0.5, 0.6) is 0 Å². The Morgan fingerprint density at radius 1 is 0.880 bits per heavy atom. The van der Waals surface area contributed by atoms with Crippen molar-refractivity contribution in [2.75, 3.05) is 7.11 Å². The number of hydrogen-bond donors (Lipinski definition) is 3. The summed E-state index contributed by atoms with van der Waals surface area (Å²) in [5.41, 5.74) is -1.99. The quantitative estimate of drug-likeness (QED) is 0.593. The van der Waals surface area contributed by atoms with Crippen LogP contribution < -0.4 is 16.0 Å². The third-order valence-electron chi connectivity index (χ3n) is 3.03. The molecule has 0 heterocycles. The third kappa shape index (κ3) is 8.37. The van der Waals surface area contributed by atoms with Crippen molar-refractivity contribution in [3.63, 3.8) is 0 Å². The van der Waals surface area contributed by atoms with Crippen LogP contribution in [0.2, 0.25) is 0 Å². The molecule has 0 aromatic heterocycles. The van der Waals surface area contributed by atoms with Crippen LogP contribution in [0.4, 0.5) is 4.79 Å². The molecule has 0 saturated carbocycles. The fraction of sp³-hybridized carbons (Fsp3) is 0.750. The molecule has 0 aliphatic carbocycles. The molecule has 9 heteroatoms. The molecule has 0 fully saturated rings. The number of amides is 3. The Hall–Kier alpha value is -2.32. The molecule has 0 bridgehead atoms. The first-order chi connectivity index (χ1) is 11.2. The Morgan fingerprint density at radius 3 is 1.84 bits per heavy atom. The van der Waals surface area contributed by atoms with E-state index in [0.717, 1.165) is 0 Å². The van der Waals surface area contributed by atoms with Crippen LogP contribution in [-0.2, 0) is 23.9 Å². The summed E-state index contributed by atoms with van der Waals surface area (Å²) in [7, 11) is 1.21. The summed E-state index contributed by atoms with van der Waals surface area (Å²) in [6.07, 6.45) is -0.739. The summed E-state index contributed by atoms with van der Waals surface area (Å²) >= 11 is 0. The number of hydrogen-bond acceptors (Lipinski definition) is 6. The van der Waals surface area contributed by atoms with Gasteiger partial charge in [0.25, 0.3) is 0 Å². The van der Waals surface area contributed by atoms with Crippen LogP contribution in [-0.4, -0.2) is 54.2 Å². The van der Waals surface area contributed by atoms with Crippen molar-refractivity contribution >= 4 is 23.9 Å². The fourth-order valence-corrected chi connectivity index (χ4v) is 1.64. The normalized spacial score (nSPS) is 13.9. The first kappa shape index (κ1) is 22.7. The van der Waals surface area contributed by atoms with E-state index in [1.54, 1.807) is 20.8 Å². The molecule has 144 valence electrons. The Kier molecular flexibility index (Phi) is 7.88. The molecule has 2 atom stereocenters. The number of rotatable bonds is 6. The largest absolute Gasteiger partial charge is 0.467 e. The van der Waals surface area contributed by atoms with Crippen molar-refractivity contribution in [2.45, 2.75) is 71.7 Å². The number of carbonyl (C=O) groups excluding carboxylic acids is 4. The second-order valence-corrected chi connectivity index (χ2v) is 7.20. The highest BCUT2D eigenvalue weighted by Crippen LogP contribution is 2.07. The van der Waals surface area contributed by atoms with Gasteiger partial charge in [0.2, 0.25) is 11.8 Å². The standard InChI is InChI=1S/C16H29N3O6/c1-9(18-14(23)25-15(3,4)5)11(20)19-16(6,7)13(22)17-10(2)12(21)24-8/h9-10H,1-8H3,(H,17,22)(H,18,23)(H,19,20). The van der Waals surface area contributed by atoms with E-state index in [-0.39, 0.29) is 0 Å². The Labute approximate surface area is 148 Å². The van der Waals surface area contributed by atoms with Gasteiger partial charge in [0.15, 0.2) is 0 Å². The summed E-state index contributed by atoms with van der Waals surface area (Å²) in [4.78, 5) is 47.4. The molecule has 9 nitrogen and oxygen atoms in total. The topological polar surface area (TPSA) is 123 Å². The van der Waals surface area contributed by atoms with Gasteiger partial charge >= 0.3 is 12.1 Å². The molecule has 0 aromatic rings. The second kappa shape index (κ2) is 8.68. The molecule has 0 rings (SSSR count). The average molecular weight is 359 g/mol. The van der Waals surface area contributed by atoms with Crippen molar-refractivity contribution in [2.24, 2.45) is 0 Å². The van der Waals surface area contributed by atoms with E-state index in [9.17, 15) is 19.2 Å². The van der Waals surface area contributed by atoms with Gasteiger partial charge in [-0.25, -0.2) is 9.59 Å². The van der Waals surface area contributed by atoms with Crippen molar-refractivity contribution < 1.29 is 28.7 Å². The third-order valence-corrected chi connectivity index (χ3v) is 3.03. The van der Waals surface area contributed by atoms with E-state index in [2.05, 4.69) is 20.7 Å². The molecule has 0 saturated heterocycles. The Balaban J connectivity index is 4.71. The van der Waals surface area contributed by atoms with Crippen molar-refractivity contribution in [1.82, 2.24) is 16.0 Å². The zero-order chi connectivity index (χ0) is 20.0. The lowest BCUT2D eigenvalue weighted by atomic mass is 10.0. The lowest BCUT2D eigenvalue weighted by Gasteiger charge is -2.28. The summed E-state index contributed by atoms with van der Waals surface area (Å²) in [5.74, 6) is -1.74. The van der Waals surface area contributed by atoms with Gasteiger partial charge < -0.3 is 25.4 Å². The van der Waals surface area contributed by atoms with Gasteiger partial charge in [-0.15, -0.1) is 0 Å². The number of alkyl carbamates (subject to hydrolysis) is 1. The van der Waals surface area contributed by atoms with Crippen LogP contribution in [0.15, 0.2) is 0 Å². The van der Waals surface area contributed by atoms with Crippen molar-refractivity contribution in [3.05, 3.63) is 0 Å². The smallest absolute Gasteiger partial charge is 0.408 e. The number of nitrogens with one attached hydrogen (secondary N) is 3. The summed E-state index contributed by atoms with van der Waals surface area (Å²) < 4.78 is 9.59. The van der Waals surface area contributed by atoms with E-state index >= 15 is 0 Å². The highest BCUT2D eigenvalue weighted by molar-refractivity contribution is 5.95. The predicted octanol–water partition coefficient (Wildman–Crippen LogP) is 0.472. The zero-order valence-corrected chi connectivity index (χ0v) is 16.1. The Bertz CT molecular complexity index is 524. The van der Waals surface area contributed by atoms with E-state index in [1.807, 2.05) is 0 Å². The molecule has 3 amide bonds. The zero-order valence-electron chi connectivity index (χ0n) is 16.1. The first-order valence-electron chi connectivity index (χ1n) is 7.90. The monoisotopic (exact) mass is 359 g/mol. The minimum Gasteiger partial charge on any atom is -0.467 e. The Morgan fingerprint density at radius 2 is 1.40 bits per heavy atom. The SMILES string of the molecule is COC(=O)C(C)NC(=O)C(C)(C)NC(=O)C(C)NC(=O)OC(C)(C)C. The van der Waals surface area contributed by atoms with Crippen LogP contribution in [0.3, 0.4) is 0 Å². The highest BCUT2D eigenvalue weighted by atomic mass is 16.6. The molecule has 3 N–H and O–H groups in total. The van der Waals surface area contributed by atoms with Crippen LogP contribution in [0.25, 0.3) is 0 Å². The average Bonchev–Trinajstić information content (AvgIpc) is 2.43. The molecule has 25 heavy (non-hydrogen) atoms. The van der Waals surface area contributed by atoms with E-state index in [1.165, 1.54) is 34.8 Å². The van der Waals surface area contributed by atoms with Crippen LogP contribution >= 0.6 is 0 Å². The van der Waals surface area contributed by atoms with Crippen molar-refractivity contribution in [3.8, 4) is 0 Å². The minimum absolute atomic E-state index is 0.566. The molecule has 0 aliphatic heterocycles. The minimum atomic E-state index is -1.30. The lowest BCUT2D eigenvalue weighted by molar-refractivity contribution is -0.145. The van der Waals surface area contributed by atoms with Gasteiger partial charge in [-0.3, -0.25) is 9.59 Å². The molecular weight excluding hydrogens is 330 g/mol. The van der Waals surface area contributed by atoms with E-state index in [0.29, 0.717) is 0 Å². The van der Waals surface area contributed by atoms with Gasteiger partial charge in [0, 0.05) is 0 Å². The summed E-state index contributed by atoms with van der Waals surface area (Å²) in [5, 5.41) is 7.35. The van der Waals surface area contributed by atoms with E-state index in [4.69, 9.17) is 4.74 Å². The number of methoxy groups -OCH3 is 1. The van der Waals surface area contributed by atoms with Gasteiger partial charge in [0.05, 0.1) is 7.11 Å². The molecule has 0 aromatic carbocycles. The maximum absolute atomic E-state index is 12.2. The summed E-state index contributed by atoms with van der Waals surface area (Å²) in [6, 6.07) is -1.77. The van der Waals surface area contributed by atoms with Gasteiger partial charge in [0.1, 0.15) is 23.2 Å². The molecular formula is C16H29N3O6. The maximum atomic E-state index is 12.2. The first-order valence-corrected chi connectivity index (χ1v) is 7.90. The molecule has 2 unspecified atom stereocenters. The molecule has 0 aliphatic rings. The molecule has 0 spiro atoms. The molecule has 0 radical (unpaired) electrons. The fourth-order valence-electron chi connectivity index (χ4n) is 1.64. The number of esters is 1. The number of carbonyl (C=O) groups is 4. The highest BCUT2D eigenvalue weighted by Gasteiger charge is 2.33. The second-order valence-electron chi connectivity index (χ2n) is 7.20.